The number of benzene rings is 2. The first-order chi connectivity index (χ1) is 18.5. The van der Waals surface area contributed by atoms with Gasteiger partial charge in [-0.2, -0.15) is 0 Å². The minimum absolute atomic E-state index is 0.0355. The highest BCUT2D eigenvalue weighted by Gasteiger charge is 2.41. The largest absolute Gasteiger partial charge is 0.495 e. The molecular weight excluding hydrogens is 525 g/mol. The Morgan fingerprint density at radius 2 is 1.97 bits per heavy atom. The van der Waals surface area contributed by atoms with Crippen molar-refractivity contribution in [3.8, 4) is 11.4 Å². The quantitative estimate of drug-likeness (QED) is 0.276. The third kappa shape index (κ3) is 5.20. The van der Waals surface area contributed by atoms with Crippen LogP contribution in [-0.4, -0.2) is 39.1 Å². The highest BCUT2D eigenvalue weighted by atomic mass is 35.5. The number of hydrogen-bond acceptors (Lipinski definition) is 4. The van der Waals surface area contributed by atoms with Gasteiger partial charge in [-0.3, -0.25) is 9.78 Å². The molecule has 2 aromatic carbocycles. The smallest absolute Gasteiger partial charge is 0.226 e. The van der Waals surface area contributed by atoms with Crippen LogP contribution in [0.25, 0.3) is 5.69 Å². The number of hydrogen-bond donors (Lipinski definition) is 2. The lowest BCUT2D eigenvalue weighted by atomic mass is 10.0. The zero-order chi connectivity index (χ0) is 26.6. The van der Waals surface area contributed by atoms with E-state index >= 15 is 0 Å². The number of carbonyl (C=O) groups is 1. The predicted octanol–water partition coefficient (Wildman–Crippen LogP) is 5.67. The molecule has 7 nitrogen and oxygen atoms in total. The van der Waals surface area contributed by atoms with Crippen LogP contribution >= 0.6 is 23.8 Å². The van der Waals surface area contributed by atoms with Crippen molar-refractivity contribution in [1.29, 1.82) is 0 Å². The minimum Gasteiger partial charge on any atom is -0.495 e. The molecule has 3 heterocycles. The van der Waals surface area contributed by atoms with Crippen molar-refractivity contribution in [2.24, 2.45) is 0 Å². The van der Waals surface area contributed by atoms with E-state index in [1.165, 1.54) is 6.07 Å². The van der Waals surface area contributed by atoms with E-state index in [2.05, 4.69) is 15.6 Å². The SMILES string of the molecule is COc1ccccc1NC(=O)CCN1C(=S)N[C@H](c2ccccn2)[C@H]1c1cccn1-c1ccc(F)c(Cl)c1. The zero-order valence-corrected chi connectivity index (χ0v) is 22.0. The Morgan fingerprint density at radius 3 is 2.74 bits per heavy atom. The summed E-state index contributed by atoms with van der Waals surface area (Å²) in [5, 5.41) is 6.86. The van der Waals surface area contributed by atoms with Gasteiger partial charge in [0.2, 0.25) is 5.91 Å². The Hall–Kier alpha value is -3.95. The standard InChI is InChI=1S/C28H25ClFN5O2S/c1-37-24-10-3-2-7-21(24)32-25(36)13-16-35-27(26(33-28(35)38)22-8-4-5-14-31-22)23-9-6-15-34(23)18-11-12-20(30)19(29)17-18/h2-12,14-15,17,26-27H,13,16H2,1H3,(H,32,36)(H,33,38)/t26-,27-/m1/s1. The molecule has 0 saturated carbocycles. The molecule has 5 rings (SSSR count). The van der Waals surface area contributed by atoms with E-state index in [1.54, 1.807) is 37.6 Å². The van der Waals surface area contributed by atoms with E-state index in [-0.39, 0.29) is 29.4 Å². The summed E-state index contributed by atoms with van der Waals surface area (Å²) in [6, 6.07) is 20.9. The number of rotatable bonds is 8. The lowest BCUT2D eigenvalue weighted by molar-refractivity contribution is -0.116. The van der Waals surface area contributed by atoms with Gasteiger partial charge in [-0.15, -0.1) is 0 Å². The fourth-order valence-electron chi connectivity index (χ4n) is 4.66. The number of methoxy groups -OCH3 is 1. The van der Waals surface area contributed by atoms with E-state index in [0.717, 1.165) is 11.4 Å². The molecule has 10 heteroatoms. The van der Waals surface area contributed by atoms with Gasteiger partial charge in [0.05, 0.1) is 35.6 Å². The molecule has 0 unspecified atom stereocenters. The van der Waals surface area contributed by atoms with Crippen molar-refractivity contribution in [2.45, 2.75) is 18.5 Å². The number of halogens is 2. The van der Waals surface area contributed by atoms with Crippen LogP contribution in [0.5, 0.6) is 5.75 Å². The van der Waals surface area contributed by atoms with Crippen LogP contribution in [0.4, 0.5) is 10.1 Å². The maximum atomic E-state index is 13.9. The second kappa shape index (κ2) is 11.2. The molecule has 0 aliphatic carbocycles. The third-order valence-electron chi connectivity index (χ3n) is 6.42. The van der Waals surface area contributed by atoms with Crippen molar-refractivity contribution < 1.29 is 13.9 Å². The van der Waals surface area contributed by atoms with Gasteiger partial charge in [0.15, 0.2) is 5.11 Å². The van der Waals surface area contributed by atoms with Gasteiger partial charge in [-0.1, -0.05) is 29.8 Å². The Labute approximate surface area is 230 Å². The van der Waals surface area contributed by atoms with Crippen molar-refractivity contribution >= 4 is 40.5 Å². The molecule has 1 aliphatic heterocycles. The summed E-state index contributed by atoms with van der Waals surface area (Å²) in [6.45, 7) is 0.357. The molecule has 1 fully saturated rings. The summed E-state index contributed by atoms with van der Waals surface area (Å²) in [5.74, 6) is -0.0667. The van der Waals surface area contributed by atoms with Crippen LogP contribution in [0.15, 0.2) is 85.2 Å². The van der Waals surface area contributed by atoms with Gasteiger partial charge in [-0.25, -0.2) is 4.39 Å². The van der Waals surface area contributed by atoms with Gasteiger partial charge in [0.25, 0.3) is 0 Å². The first-order valence-corrected chi connectivity index (χ1v) is 12.8. The molecule has 0 spiro atoms. The van der Waals surface area contributed by atoms with Crippen LogP contribution in [0, 0.1) is 5.82 Å². The number of anilines is 1. The number of nitrogens with zero attached hydrogens (tertiary/aromatic N) is 3. The van der Waals surface area contributed by atoms with E-state index in [1.807, 2.05) is 58.1 Å². The zero-order valence-electron chi connectivity index (χ0n) is 20.5. The number of pyridine rings is 1. The second-order valence-corrected chi connectivity index (χ2v) is 9.51. The molecule has 1 saturated heterocycles. The maximum absolute atomic E-state index is 13.9. The lowest BCUT2D eigenvalue weighted by Crippen LogP contribution is -2.33. The van der Waals surface area contributed by atoms with Crippen molar-refractivity contribution in [3.63, 3.8) is 0 Å². The number of carbonyl (C=O) groups excluding carboxylic acids is 1. The first kappa shape index (κ1) is 25.7. The number of aromatic nitrogens is 2. The fourth-order valence-corrected chi connectivity index (χ4v) is 5.16. The molecule has 38 heavy (non-hydrogen) atoms. The third-order valence-corrected chi connectivity index (χ3v) is 7.07. The highest BCUT2D eigenvalue weighted by molar-refractivity contribution is 7.80. The van der Waals surface area contributed by atoms with Crippen molar-refractivity contribution in [3.05, 3.63) is 107 Å². The van der Waals surface area contributed by atoms with E-state index < -0.39 is 5.82 Å². The summed E-state index contributed by atoms with van der Waals surface area (Å²) >= 11 is 11.8. The number of amides is 1. The summed E-state index contributed by atoms with van der Waals surface area (Å²) < 4.78 is 21.2. The maximum Gasteiger partial charge on any atom is 0.226 e. The summed E-state index contributed by atoms with van der Waals surface area (Å²) in [7, 11) is 1.56. The summed E-state index contributed by atoms with van der Waals surface area (Å²) in [5.41, 5.74) is 3.02. The topological polar surface area (TPSA) is 71.4 Å². The molecule has 194 valence electrons. The molecular formula is C28H25ClFN5O2S. The van der Waals surface area contributed by atoms with Crippen LogP contribution in [-0.2, 0) is 4.79 Å². The van der Waals surface area contributed by atoms with E-state index in [4.69, 9.17) is 28.6 Å². The van der Waals surface area contributed by atoms with Gasteiger partial charge >= 0.3 is 0 Å². The monoisotopic (exact) mass is 549 g/mol. The Balaban J connectivity index is 1.45. The average molecular weight is 550 g/mol. The highest BCUT2D eigenvalue weighted by Crippen LogP contribution is 2.40. The van der Waals surface area contributed by atoms with Crippen LogP contribution in [0.1, 0.15) is 29.9 Å². The van der Waals surface area contributed by atoms with E-state index in [0.29, 0.717) is 28.8 Å². The van der Waals surface area contributed by atoms with Crippen molar-refractivity contribution in [2.75, 3.05) is 19.0 Å². The lowest BCUT2D eigenvalue weighted by Gasteiger charge is -2.29. The molecule has 2 atom stereocenters. The van der Waals surface area contributed by atoms with Gasteiger partial charge in [0.1, 0.15) is 11.6 Å². The Morgan fingerprint density at radius 1 is 1.16 bits per heavy atom. The van der Waals surface area contributed by atoms with E-state index in [9.17, 15) is 9.18 Å². The minimum atomic E-state index is -0.484. The van der Waals surface area contributed by atoms with Gasteiger partial charge in [-0.05, 0) is 66.8 Å². The first-order valence-electron chi connectivity index (χ1n) is 12.0. The van der Waals surface area contributed by atoms with Crippen LogP contribution in [0.3, 0.4) is 0 Å². The van der Waals surface area contributed by atoms with Gasteiger partial charge in [0, 0.05) is 36.7 Å². The average Bonchev–Trinajstić information content (AvgIpc) is 3.54. The molecule has 2 aromatic heterocycles. The molecule has 0 bridgehead atoms. The molecule has 0 radical (unpaired) electrons. The molecule has 1 amide bonds. The number of thiocarbonyl (C=S) groups is 1. The second-order valence-electron chi connectivity index (χ2n) is 8.72. The normalized spacial score (nSPS) is 16.8. The Kier molecular flexibility index (Phi) is 7.57. The summed E-state index contributed by atoms with van der Waals surface area (Å²) in [6.07, 6.45) is 3.82. The molecule has 1 aliphatic rings. The van der Waals surface area contributed by atoms with Crippen LogP contribution < -0.4 is 15.4 Å². The number of nitrogens with one attached hydrogen (secondary N) is 2. The summed E-state index contributed by atoms with van der Waals surface area (Å²) in [4.78, 5) is 19.5. The number of ether oxygens (including phenoxy) is 1. The van der Waals surface area contributed by atoms with Crippen LogP contribution in [0.2, 0.25) is 5.02 Å². The molecule has 4 aromatic rings. The molecule has 2 N–H and O–H groups in total. The van der Waals surface area contributed by atoms with Crippen molar-refractivity contribution in [1.82, 2.24) is 19.8 Å². The number of para-hydroxylation sites is 2. The van der Waals surface area contributed by atoms with Gasteiger partial charge < -0.3 is 24.8 Å². The Bertz CT molecular complexity index is 1460. The predicted molar refractivity (Wildman–Crippen MR) is 149 cm³/mol. The fraction of sp³-hybridized carbons (Fsp3) is 0.179.